The van der Waals surface area contributed by atoms with Crippen LogP contribution in [0.15, 0.2) is 0 Å². The first-order chi connectivity index (χ1) is 7.88. The van der Waals surface area contributed by atoms with E-state index in [1.54, 1.807) is 0 Å². The quantitative estimate of drug-likeness (QED) is 0.785. The van der Waals surface area contributed by atoms with Gasteiger partial charge >= 0.3 is 0 Å². The number of nitrogens with one attached hydrogen (secondary N) is 1. The summed E-state index contributed by atoms with van der Waals surface area (Å²) in [6.07, 6.45) is 12.4. The van der Waals surface area contributed by atoms with Crippen LogP contribution in [0.2, 0.25) is 0 Å². The van der Waals surface area contributed by atoms with Crippen LogP contribution < -0.4 is 0 Å². The summed E-state index contributed by atoms with van der Waals surface area (Å²) in [6, 6.07) is 0. The third-order valence-corrected chi connectivity index (χ3v) is 3.75. The van der Waals surface area contributed by atoms with Crippen LogP contribution in [-0.2, 0) is 0 Å². The lowest BCUT2D eigenvalue weighted by Crippen LogP contribution is -2.03. The van der Waals surface area contributed by atoms with Crippen molar-refractivity contribution in [3.63, 3.8) is 0 Å². The maximum atomic E-state index is 4.26. The standard InChI is InChI=1S/C13H23N3/c1-11-13(15-16-14-11)12-9-7-5-3-2-4-6-8-10-12/h12H,2-10H2,1H3,(H,14,15,16). The van der Waals surface area contributed by atoms with Crippen LogP contribution in [0, 0.1) is 6.92 Å². The maximum Gasteiger partial charge on any atom is 0.0884 e. The van der Waals surface area contributed by atoms with Crippen molar-refractivity contribution in [2.75, 3.05) is 0 Å². The van der Waals surface area contributed by atoms with Crippen molar-refractivity contribution in [1.29, 1.82) is 0 Å². The van der Waals surface area contributed by atoms with Crippen LogP contribution in [0.25, 0.3) is 0 Å². The monoisotopic (exact) mass is 221 g/mol. The van der Waals surface area contributed by atoms with Crippen molar-refractivity contribution in [1.82, 2.24) is 15.4 Å². The molecule has 1 saturated carbocycles. The number of nitrogens with zero attached hydrogens (tertiary/aromatic N) is 2. The third kappa shape index (κ3) is 3.06. The minimum atomic E-state index is 0.650. The van der Waals surface area contributed by atoms with Crippen LogP contribution in [0.1, 0.15) is 75.1 Å². The van der Waals surface area contributed by atoms with Gasteiger partial charge in [0.05, 0.1) is 11.4 Å². The Bertz CT molecular complexity index is 296. The molecule has 3 heteroatoms. The number of aryl methyl sites for hydroxylation is 1. The van der Waals surface area contributed by atoms with Gasteiger partial charge in [0, 0.05) is 5.92 Å². The van der Waals surface area contributed by atoms with Crippen LogP contribution >= 0.6 is 0 Å². The Balaban J connectivity index is 1.97. The fraction of sp³-hybridized carbons (Fsp3) is 0.846. The highest BCUT2D eigenvalue weighted by molar-refractivity contribution is 5.12. The summed E-state index contributed by atoms with van der Waals surface area (Å²) in [7, 11) is 0. The van der Waals surface area contributed by atoms with E-state index in [-0.39, 0.29) is 0 Å². The van der Waals surface area contributed by atoms with Crippen molar-refractivity contribution in [2.45, 2.75) is 70.6 Å². The molecule has 2 rings (SSSR count). The molecule has 1 aliphatic rings. The number of aromatic amines is 1. The van der Waals surface area contributed by atoms with Crippen molar-refractivity contribution in [3.05, 3.63) is 11.4 Å². The Morgan fingerprint density at radius 2 is 1.50 bits per heavy atom. The summed E-state index contributed by atoms with van der Waals surface area (Å²) in [5, 5.41) is 11.1. The normalized spacial score (nSPS) is 20.8. The van der Waals surface area contributed by atoms with E-state index >= 15 is 0 Å². The molecule has 0 radical (unpaired) electrons. The molecule has 0 aromatic carbocycles. The van der Waals surface area contributed by atoms with Crippen molar-refractivity contribution in [2.24, 2.45) is 0 Å². The number of aromatic nitrogens is 3. The fourth-order valence-electron chi connectivity index (χ4n) is 2.76. The van der Waals surface area contributed by atoms with Gasteiger partial charge in [-0.15, -0.1) is 5.10 Å². The SMILES string of the molecule is Cc1[nH]nnc1C1CCCCCCCCC1. The van der Waals surface area contributed by atoms with Crippen LogP contribution in [0.3, 0.4) is 0 Å². The smallest absolute Gasteiger partial charge is 0.0884 e. The first kappa shape index (κ1) is 11.6. The number of hydrogen-bond donors (Lipinski definition) is 1. The third-order valence-electron chi connectivity index (χ3n) is 3.75. The highest BCUT2D eigenvalue weighted by Gasteiger charge is 2.17. The van der Waals surface area contributed by atoms with E-state index in [4.69, 9.17) is 0 Å². The van der Waals surface area contributed by atoms with Gasteiger partial charge in [-0.1, -0.05) is 50.2 Å². The minimum absolute atomic E-state index is 0.650. The zero-order valence-corrected chi connectivity index (χ0v) is 10.3. The van der Waals surface area contributed by atoms with Gasteiger partial charge in [-0.3, -0.25) is 5.10 Å². The molecule has 1 aromatic heterocycles. The summed E-state index contributed by atoms with van der Waals surface area (Å²) < 4.78 is 0. The Hall–Kier alpha value is -0.860. The molecule has 0 amide bonds. The summed E-state index contributed by atoms with van der Waals surface area (Å²) in [4.78, 5) is 0. The molecule has 0 atom stereocenters. The molecular weight excluding hydrogens is 198 g/mol. The number of hydrogen-bond acceptors (Lipinski definition) is 2. The predicted molar refractivity (Wildman–Crippen MR) is 65.4 cm³/mol. The van der Waals surface area contributed by atoms with Gasteiger partial charge < -0.3 is 0 Å². The van der Waals surface area contributed by atoms with E-state index in [1.165, 1.54) is 69.2 Å². The van der Waals surface area contributed by atoms with Crippen LogP contribution in [0.5, 0.6) is 0 Å². The maximum absolute atomic E-state index is 4.26. The van der Waals surface area contributed by atoms with E-state index < -0.39 is 0 Å². The molecule has 3 nitrogen and oxygen atoms in total. The van der Waals surface area contributed by atoms with Crippen molar-refractivity contribution < 1.29 is 0 Å². The molecule has 1 aliphatic carbocycles. The highest BCUT2D eigenvalue weighted by Crippen LogP contribution is 2.29. The second kappa shape index (κ2) is 6.02. The molecule has 1 aromatic rings. The summed E-state index contributed by atoms with van der Waals surface area (Å²) in [6.45, 7) is 2.09. The summed E-state index contributed by atoms with van der Waals surface area (Å²) >= 11 is 0. The average Bonchev–Trinajstić information content (AvgIpc) is 2.72. The lowest BCUT2D eigenvalue weighted by atomic mass is 9.89. The molecule has 0 saturated heterocycles. The Labute approximate surface area is 98.0 Å². The number of rotatable bonds is 1. The van der Waals surface area contributed by atoms with Crippen molar-refractivity contribution in [3.8, 4) is 0 Å². The fourth-order valence-corrected chi connectivity index (χ4v) is 2.76. The van der Waals surface area contributed by atoms with Gasteiger partial charge in [-0.05, 0) is 19.8 Å². The van der Waals surface area contributed by atoms with Gasteiger partial charge in [0.2, 0.25) is 0 Å². The summed E-state index contributed by atoms with van der Waals surface area (Å²) in [5.74, 6) is 0.650. The molecule has 0 unspecified atom stereocenters. The van der Waals surface area contributed by atoms with Gasteiger partial charge in [0.15, 0.2) is 0 Å². The zero-order valence-electron chi connectivity index (χ0n) is 10.3. The number of H-pyrrole nitrogens is 1. The highest BCUT2D eigenvalue weighted by atomic mass is 15.3. The van der Waals surface area contributed by atoms with Gasteiger partial charge in [0.1, 0.15) is 0 Å². The van der Waals surface area contributed by atoms with E-state index in [0.29, 0.717) is 5.92 Å². The Kier molecular flexibility index (Phi) is 4.37. The molecule has 16 heavy (non-hydrogen) atoms. The first-order valence-electron chi connectivity index (χ1n) is 6.75. The molecule has 1 heterocycles. The second-order valence-corrected chi connectivity index (χ2v) is 5.07. The Morgan fingerprint density at radius 1 is 0.938 bits per heavy atom. The topological polar surface area (TPSA) is 41.6 Å². The average molecular weight is 221 g/mol. The predicted octanol–water partition coefficient (Wildman–Crippen LogP) is 3.72. The molecule has 0 bridgehead atoms. The molecule has 1 fully saturated rings. The van der Waals surface area contributed by atoms with Gasteiger partial charge in [-0.2, -0.15) is 0 Å². The molecule has 0 spiro atoms. The molecule has 0 aliphatic heterocycles. The van der Waals surface area contributed by atoms with E-state index in [0.717, 1.165) is 0 Å². The van der Waals surface area contributed by atoms with E-state index in [2.05, 4.69) is 22.3 Å². The lowest BCUT2D eigenvalue weighted by Gasteiger charge is -2.16. The van der Waals surface area contributed by atoms with Crippen LogP contribution in [-0.4, -0.2) is 15.4 Å². The van der Waals surface area contributed by atoms with Crippen molar-refractivity contribution >= 4 is 0 Å². The van der Waals surface area contributed by atoms with E-state index in [1.807, 2.05) is 0 Å². The molecule has 1 N–H and O–H groups in total. The first-order valence-corrected chi connectivity index (χ1v) is 6.75. The van der Waals surface area contributed by atoms with Gasteiger partial charge in [0.25, 0.3) is 0 Å². The molecular formula is C13H23N3. The second-order valence-electron chi connectivity index (χ2n) is 5.07. The molecule has 90 valence electrons. The minimum Gasteiger partial charge on any atom is -0.262 e. The van der Waals surface area contributed by atoms with Crippen LogP contribution in [0.4, 0.5) is 0 Å². The van der Waals surface area contributed by atoms with Gasteiger partial charge in [-0.25, -0.2) is 0 Å². The summed E-state index contributed by atoms with van der Waals surface area (Å²) in [5.41, 5.74) is 2.39. The zero-order chi connectivity index (χ0) is 11.2. The largest absolute Gasteiger partial charge is 0.262 e. The lowest BCUT2D eigenvalue weighted by molar-refractivity contribution is 0.456. The Morgan fingerprint density at radius 3 is 2.00 bits per heavy atom. The van der Waals surface area contributed by atoms with E-state index in [9.17, 15) is 0 Å².